The third-order valence-corrected chi connectivity index (χ3v) is 14.6. The number of ether oxygens (including phenoxy) is 2. The minimum Gasteiger partial charge on any atom is -0.550 e. The molecular formula is C64H122O8Zn. The van der Waals surface area contributed by atoms with Crippen LogP contribution in [0.5, 0.6) is 0 Å². The zero-order chi connectivity index (χ0) is 53.1. The zero-order valence-corrected chi connectivity index (χ0v) is 52.3. The van der Waals surface area contributed by atoms with E-state index >= 15 is 0 Å². The molecule has 0 aliphatic carbocycles. The van der Waals surface area contributed by atoms with E-state index in [0.29, 0.717) is 25.7 Å². The second-order valence-corrected chi connectivity index (χ2v) is 22.0. The van der Waals surface area contributed by atoms with Crippen molar-refractivity contribution in [1.29, 1.82) is 0 Å². The molecule has 0 fully saturated rings. The molecule has 73 heavy (non-hydrogen) atoms. The van der Waals surface area contributed by atoms with Crippen molar-refractivity contribution in [1.82, 2.24) is 0 Å². The summed E-state index contributed by atoms with van der Waals surface area (Å²) in [6, 6.07) is 0. The predicted octanol–water partition coefficient (Wildman–Crippen LogP) is 18.4. The van der Waals surface area contributed by atoms with Crippen molar-refractivity contribution >= 4 is 23.9 Å². The molecule has 0 radical (unpaired) electrons. The Hall–Kier alpha value is -1.50. The van der Waals surface area contributed by atoms with E-state index in [0.717, 1.165) is 77.0 Å². The molecule has 0 spiro atoms. The Balaban J connectivity index is -0.00000132. The first-order chi connectivity index (χ1) is 35.2. The first kappa shape index (κ1) is 75.7. The molecule has 0 aliphatic rings. The molecule has 0 aliphatic heterocycles. The Morgan fingerprint density at radius 1 is 0.260 bits per heavy atom. The quantitative estimate of drug-likeness (QED) is 0.0334. The van der Waals surface area contributed by atoms with E-state index in [1.54, 1.807) is 0 Å². The first-order valence-electron chi connectivity index (χ1n) is 32.0. The average Bonchev–Trinajstić information content (AvgIpc) is 3.36. The van der Waals surface area contributed by atoms with Gasteiger partial charge in [0.15, 0.2) is 0 Å². The van der Waals surface area contributed by atoms with Crippen LogP contribution in [0.15, 0.2) is 0 Å². The van der Waals surface area contributed by atoms with Gasteiger partial charge in [-0.25, -0.2) is 0 Å². The molecule has 8 nitrogen and oxygen atoms in total. The molecule has 0 N–H and O–H groups in total. The van der Waals surface area contributed by atoms with Crippen molar-refractivity contribution < 1.29 is 58.3 Å². The Kier molecular flexibility index (Phi) is 67.2. The van der Waals surface area contributed by atoms with Gasteiger partial charge in [0.25, 0.3) is 0 Å². The minimum atomic E-state index is -0.991. The fourth-order valence-electron chi connectivity index (χ4n) is 9.88. The maximum Gasteiger partial charge on any atom is 2.00 e. The molecule has 2 unspecified atom stereocenters. The zero-order valence-electron chi connectivity index (χ0n) is 49.3. The number of esters is 2. The van der Waals surface area contributed by atoms with Crippen LogP contribution < -0.4 is 10.2 Å². The van der Waals surface area contributed by atoms with Gasteiger partial charge < -0.3 is 29.3 Å². The summed E-state index contributed by atoms with van der Waals surface area (Å²) in [5.74, 6) is -2.12. The van der Waals surface area contributed by atoms with Gasteiger partial charge in [0.05, 0.1) is 0 Å². The monoisotopic (exact) mass is 1080 g/mol. The molecule has 0 saturated heterocycles. The molecule has 0 aromatic rings. The SMILES string of the molecule is CCCCCCCCCCCCCC(=O)OC(CCCCCCCCCCCC)CCCCC(=O)[O-].CCCCCCCCCCCCCC(=O)OC(CCCCCCCCCCCC)CCCCC(=O)[O-].[Zn+2]. The summed E-state index contributed by atoms with van der Waals surface area (Å²) >= 11 is 0. The normalized spacial score (nSPS) is 11.9. The molecule has 9 heteroatoms. The van der Waals surface area contributed by atoms with Crippen molar-refractivity contribution in [3.8, 4) is 0 Å². The number of hydrogen-bond donors (Lipinski definition) is 0. The molecule has 0 amide bonds. The van der Waals surface area contributed by atoms with Crippen LogP contribution in [0.3, 0.4) is 0 Å². The predicted molar refractivity (Wildman–Crippen MR) is 302 cm³/mol. The van der Waals surface area contributed by atoms with E-state index in [9.17, 15) is 29.4 Å². The van der Waals surface area contributed by atoms with Crippen LogP contribution >= 0.6 is 0 Å². The van der Waals surface area contributed by atoms with Crippen LogP contribution in [0, 0.1) is 0 Å². The van der Waals surface area contributed by atoms with Gasteiger partial charge in [-0.3, -0.25) is 9.59 Å². The maximum atomic E-state index is 12.4. The molecule has 0 saturated carbocycles. The van der Waals surface area contributed by atoms with Gasteiger partial charge in [-0.05, 0) is 89.9 Å². The Morgan fingerprint density at radius 3 is 0.630 bits per heavy atom. The Labute approximate surface area is 466 Å². The molecular weight excluding hydrogens is 962 g/mol. The Bertz CT molecular complexity index is 1050. The standard InChI is InChI=1S/2C32H62O4.Zn/c2*1-3-5-7-9-11-13-15-17-19-21-23-29-32(35)36-30(27-24-25-28-31(33)34)26-22-20-18-16-14-12-10-8-6-4-2;/h2*30H,3-29H2,1-2H3,(H,33,34);/q;;+2/p-2. The summed E-state index contributed by atoms with van der Waals surface area (Å²) in [6.07, 6.45) is 61.2. The molecule has 0 rings (SSSR count). The van der Waals surface area contributed by atoms with Gasteiger partial charge in [0, 0.05) is 24.8 Å². The van der Waals surface area contributed by atoms with Gasteiger partial charge in [-0.2, -0.15) is 0 Å². The number of carbonyl (C=O) groups excluding carboxylic acids is 4. The number of unbranched alkanes of at least 4 members (excludes halogenated alkanes) is 40. The van der Waals surface area contributed by atoms with Gasteiger partial charge in [-0.15, -0.1) is 0 Å². The van der Waals surface area contributed by atoms with E-state index < -0.39 is 11.9 Å². The molecule has 428 valence electrons. The van der Waals surface area contributed by atoms with Crippen molar-refractivity contribution in [2.75, 3.05) is 0 Å². The van der Waals surface area contributed by atoms with Gasteiger partial charge >= 0.3 is 31.4 Å². The smallest absolute Gasteiger partial charge is 0.550 e. The van der Waals surface area contributed by atoms with E-state index in [1.165, 1.54) is 231 Å². The van der Waals surface area contributed by atoms with E-state index in [2.05, 4.69) is 27.7 Å². The summed E-state index contributed by atoms with van der Waals surface area (Å²) in [4.78, 5) is 46.2. The van der Waals surface area contributed by atoms with Gasteiger partial charge in [0.2, 0.25) is 0 Å². The van der Waals surface area contributed by atoms with Crippen LogP contribution in [-0.2, 0) is 48.1 Å². The average molecular weight is 1090 g/mol. The van der Waals surface area contributed by atoms with Crippen molar-refractivity contribution in [2.45, 2.75) is 387 Å². The molecule has 2 atom stereocenters. The fraction of sp³-hybridized carbons (Fsp3) is 0.938. The summed E-state index contributed by atoms with van der Waals surface area (Å²) in [5, 5.41) is 21.4. The van der Waals surface area contributed by atoms with Crippen molar-refractivity contribution in [3.05, 3.63) is 0 Å². The second kappa shape index (κ2) is 64.8. The number of carboxylic acid groups (broad SMARTS) is 2. The third kappa shape index (κ3) is 66.6. The summed E-state index contributed by atoms with van der Waals surface area (Å²) < 4.78 is 11.7. The van der Waals surface area contributed by atoms with Gasteiger partial charge in [-0.1, -0.05) is 272 Å². The van der Waals surface area contributed by atoms with Crippen LogP contribution in [0.2, 0.25) is 0 Å². The van der Waals surface area contributed by atoms with Crippen LogP contribution in [0.1, 0.15) is 374 Å². The van der Waals surface area contributed by atoms with Crippen LogP contribution in [0.4, 0.5) is 0 Å². The number of carbonyl (C=O) groups is 4. The first-order valence-corrected chi connectivity index (χ1v) is 32.0. The maximum absolute atomic E-state index is 12.4. The molecule has 0 heterocycles. The number of hydrogen-bond acceptors (Lipinski definition) is 8. The topological polar surface area (TPSA) is 133 Å². The van der Waals surface area contributed by atoms with E-state index in [1.807, 2.05) is 0 Å². The number of aliphatic carboxylic acids is 2. The largest absolute Gasteiger partial charge is 2.00 e. The summed E-state index contributed by atoms with van der Waals surface area (Å²) in [5.41, 5.74) is 0. The molecule has 0 bridgehead atoms. The van der Waals surface area contributed by atoms with E-state index in [4.69, 9.17) is 9.47 Å². The van der Waals surface area contributed by atoms with Gasteiger partial charge in [0.1, 0.15) is 12.2 Å². The molecule has 0 aromatic heterocycles. The van der Waals surface area contributed by atoms with Crippen LogP contribution in [-0.4, -0.2) is 36.1 Å². The Morgan fingerprint density at radius 2 is 0.425 bits per heavy atom. The van der Waals surface area contributed by atoms with Crippen molar-refractivity contribution in [2.24, 2.45) is 0 Å². The van der Waals surface area contributed by atoms with E-state index in [-0.39, 0.29) is 56.5 Å². The summed E-state index contributed by atoms with van der Waals surface area (Å²) in [7, 11) is 0. The fourth-order valence-corrected chi connectivity index (χ4v) is 9.88. The number of rotatable bonds is 58. The minimum absolute atomic E-state index is 0. The second-order valence-electron chi connectivity index (χ2n) is 22.0. The van der Waals surface area contributed by atoms with Crippen molar-refractivity contribution in [3.63, 3.8) is 0 Å². The molecule has 0 aromatic carbocycles. The summed E-state index contributed by atoms with van der Waals surface area (Å²) in [6.45, 7) is 9.03. The van der Waals surface area contributed by atoms with Crippen LogP contribution in [0.25, 0.3) is 0 Å². The third-order valence-electron chi connectivity index (χ3n) is 14.6. The number of carboxylic acids is 2.